The van der Waals surface area contributed by atoms with Gasteiger partial charge in [0.25, 0.3) is 0 Å². The van der Waals surface area contributed by atoms with Gasteiger partial charge >= 0.3 is 219 Å². The van der Waals surface area contributed by atoms with Gasteiger partial charge in [-0.15, -0.1) is 0 Å². The number of hydrogen-bond acceptors (Lipinski definition) is 0. The summed E-state index contributed by atoms with van der Waals surface area (Å²) in [6, 6.07) is 0. The van der Waals surface area contributed by atoms with Gasteiger partial charge in [-0.05, 0) is 0 Å². The van der Waals surface area contributed by atoms with Crippen molar-refractivity contribution >= 4 is 34.7 Å². The third kappa shape index (κ3) is 3.81. The molecule has 0 radical (unpaired) electrons. The Bertz CT molecular complexity index is 637. The summed E-state index contributed by atoms with van der Waals surface area (Å²) in [6.45, 7) is 0. The van der Waals surface area contributed by atoms with E-state index in [1.165, 1.54) is 74.7 Å². The normalized spacial score (nSPS) is 61.9. The molecule has 0 amide bonds. The van der Waals surface area contributed by atoms with Crippen LogP contribution in [0.3, 0.4) is 0 Å². The van der Waals surface area contributed by atoms with Crippen molar-refractivity contribution in [3.63, 3.8) is 0 Å². The zero-order chi connectivity index (χ0) is 22.1. The van der Waals surface area contributed by atoms with Crippen LogP contribution in [0, 0.1) is 53.3 Å². The van der Waals surface area contributed by atoms with Crippen molar-refractivity contribution in [1.29, 1.82) is 0 Å². The van der Waals surface area contributed by atoms with E-state index in [0.717, 1.165) is 15.5 Å². The molecule has 34 heavy (non-hydrogen) atoms. The first kappa shape index (κ1) is 22.6. The zero-order valence-electron chi connectivity index (χ0n) is 21.4. The van der Waals surface area contributed by atoms with E-state index in [0.29, 0.717) is 0 Å². The molecular formula is C30H48AsP3. The molecular weight excluding hydrogens is 528 g/mol. The number of hydrogen-bond donors (Lipinski definition) is 0. The molecule has 3 unspecified atom stereocenters. The van der Waals surface area contributed by atoms with E-state index < -0.39 is 13.3 Å². The molecule has 0 nitrogen and oxygen atoms in total. The predicted molar refractivity (Wildman–Crippen MR) is 153 cm³/mol. The summed E-state index contributed by atoms with van der Waals surface area (Å²) >= 11 is -0.715. The summed E-state index contributed by atoms with van der Waals surface area (Å²) in [5, 5.41) is 2.75. The van der Waals surface area contributed by atoms with Crippen LogP contribution in [0.25, 0.3) is 0 Å². The van der Waals surface area contributed by atoms with E-state index in [9.17, 15) is 0 Å². The van der Waals surface area contributed by atoms with Gasteiger partial charge in [0.2, 0.25) is 0 Å². The van der Waals surface area contributed by atoms with Crippen LogP contribution in [0.5, 0.6) is 0 Å². The SMILES string of the molecule is C1C2CC3CC1CC(P[As](PC14CC5CC(CC(C5)C1)C4)PC14CC5CC(CC(C5)C1)C4)(C2)C3. The summed E-state index contributed by atoms with van der Waals surface area (Å²) < 4.78 is 0. The molecule has 12 rings (SSSR count). The summed E-state index contributed by atoms with van der Waals surface area (Å²) in [6.07, 6.45) is 30.4. The second-order valence-electron chi connectivity index (χ2n) is 16.3. The molecule has 3 atom stereocenters. The summed E-state index contributed by atoms with van der Waals surface area (Å²) in [5.74, 6) is 10.6. The van der Waals surface area contributed by atoms with E-state index in [4.69, 9.17) is 0 Å². The maximum absolute atomic E-state index is 1.72. The summed E-state index contributed by atoms with van der Waals surface area (Å²) in [5.41, 5.74) is 0. The molecule has 0 spiro atoms. The Morgan fingerprint density at radius 1 is 0.324 bits per heavy atom. The predicted octanol–water partition coefficient (Wildman–Crippen LogP) is 8.91. The molecule has 0 saturated heterocycles. The second-order valence-corrected chi connectivity index (χ2v) is 39.7. The minimum absolute atomic E-state index is 0.715. The molecule has 0 N–H and O–H groups in total. The van der Waals surface area contributed by atoms with Gasteiger partial charge in [-0.3, -0.25) is 0 Å². The van der Waals surface area contributed by atoms with Crippen molar-refractivity contribution in [1.82, 2.24) is 0 Å². The topological polar surface area (TPSA) is 0 Å². The summed E-state index contributed by atoms with van der Waals surface area (Å²) in [4.78, 5) is 0. The van der Waals surface area contributed by atoms with Crippen LogP contribution in [0.1, 0.15) is 116 Å². The molecule has 0 heterocycles. The minimum atomic E-state index is -0.715. The average Bonchev–Trinajstić information content (AvgIpc) is 2.69. The molecule has 12 fully saturated rings. The van der Waals surface area contributed by atoms with Crippen molar-refractivity contribution < 1.29 is 0 Å². The molecule has 4 heteroatoms. The molecule has 0 aromatic rings. The fraction of sp³-hybridized carbons (Fsp3) is 1.00. The van der Waals surface area contributed by atoms with Crippen LogP contribution in [-0.2, 0) is 0 Å². The molecule has 12 bridgehead atoms. The first-order valence-corrected chi connectivity index (χ1v) is 26.9. The third-order valence-electron chi connectivity index (χ3n) is 13.2. The van der Waals surface area contributed by atoms with E-state index in [1.807, 2.05) is 0 Å². The first-order chi connectivity index (χ1) is 16.5. The van der Waals surface area contributed by atoms with E-state index in [1.54, 1.807) is 116 Å². The van der Waals surface area contributed by atoms with Crippen molar-refractivity contribution in [3.8, 4) is 0 Å². The van der Waals surface area contributed by atoms with Gasteiger partial charge in [-0.25, -0.2) is 0 Å². The zero-order valence-corrected chi connectivity index (χ0v) is 26.2. The molecule has 0 aromatic heterocycles. The Morgan fingerprint density at radius 2 is 0.500 bits per heavy atom. The molecule has 0 aromatic carbocycles. The maximum atomic E-state index is 1.72. The van der Waals surface area contributed by atoms with Gasteiger partial charge in [-0.2, -0.15) is 0 Å². The molecule has 12 aliphatic rings. The van der Waals surface area contributed by atoms with E-state index in [-0.39, 0.29) is 0 Å². The Hall–Kier alpha value is 1.85. The van der Waals surface area contributed by atoms with Crippen molar-refractivity contribution in [2.24, 2.45) is 53.3 Å². The fourth-order valence-corrected chi connectivity index (χ4v) is 58.5. The van der Waals surface area contributed by atoms with Gasteiger partial charge in [0.05, 0.1) is 0 Å². The van der Waals surface area contributed by atoms with Gasteiger partial charge in [0.1, 0.15) is 0 Å². The van der Waals surface area contributed by atoms with Crippen LogP contribution in [0.4, 0.5) is 0 Å². The third-order valence-corrected chi connectivity index (χ3v) is 40.7. The van der Waals surface area contributed by atoms with Gasteiger partial charge in [0, 0.05) is 0 Å². The second kappa shape index (κ2) is 7.95. The molecule has 12 saturated carbocycles. The Kier molecular flexibility index (Phi) is 5.30. The first-order valence-electron chi connectivity index (χ1n) is 15.6. The van der Waals surface area contributed by atoms with Crippen molar-refractivity contribution in [2.45, 2.75) is 131 Å². The quantitative estimate of drug-likeness (QED) is 0.219. The molecule has 188 valence electrons. The Labute approximate surface area is 218 Å². The van der Waals surface area contributed by atoms with Crippen molar-refractivity contribution in [2.75, 3.05) is 0 Å². The Balaban J connectivity index is 1.02. The van der Waals surface area contributed by atoms with Crippen LogP contribution in [0.15, 0.2) is 0 Å². The monoisotopic (exact) mass is 576 g/mol. The molecule has 0 aliphatic heterocycles. The molecule has 12 aliphatic carbocycles. The average molecular weight is 577 g/mol. The van der Waals surface area contributed by atoms with E-state index >= 15 is 0 Å². The van der Waals surface area contributed by atoms with Gasteiger partial charge in [-0.1, -0.05) is 0 Å². The van der Waals surface area contributed by atoms with E-state index in [2.05, 4.69) is 0 Å². The van der Waals surface area contributed by atoms with Crippen molar-refractivity contribution in [3.05, 3.63) is 0 Å². The van der Waals surface area contributed by atoms with Crippen LogP contribution < -0.4 is 0 Å². The fourth-order valence-electron chi connectivity index (χ4n) is 13.5. The summed E-state index contributed by atoms with van der Waals surface area (Å²) in [7, 11) is 4.59. The van der Waals surface area contributed by atoms with Crippen LogP contribution in [0.2, 0.25) is 0 Å². The van der Waals surface area contributed by atoms with Crippen LogP contribution in [-0.4, -0.2) is 28.7 Å². The standard InChI is InChI=1S/C30H48AsP3/c1-19-2-21-3-20(1)11-28(10-19,12-21)32-31(33-29-13-22-4-23(14-29)6-24(5-22)15-29)34-30-16-25-7-26(17-30)9-27(8-25)18-30/h19-27,32-34H,1-18H2. The van der Waals surface area contributed by atoms with Gasteiger partial charge < -0.3 is 0 Å². The number of rotatable bonds is 6. The van der Waals surface area contributed by atoms with Gasteiger partial charge in [0.15, 0.2) is 0 Å². The Morgan fingerprint density at radius 3 is 0.676 bits per heavy atom. The van der Waals surface area contributed by atoms with Crippen LogP contribution >= 0.6 is 21.4 Å².